The maximum atomic E-state index is 13.7. The summed E-state index contributed by atoms with van der Waals surface area (Å²) in [5.41, 5.74) is -1.74. The highest BCUT2D eigenvalue weighted by Gasteiger charge is 2.60. The predicted octanol–water partition coefficient (Wildman–Crippen LogP) is 2.47. The van der Waals surface area contributed by atoms with E-state index in [1.165, 1.54) is 4.31 Å². The first kappa shape index (κ1) is 25.4. The van der Waals surface area contributed by atoms with Crippen molar-refractivity contribution in [2.75, 3.05) is 46.4 Å². The van der Waals surface area contributed by atoms with Gasteiger partial charge in [-0.1, -0.05) is 23.7 Å². The number of fused-ring (bicyclic) bond motifs is 2. The van der Waals surface area contributed by atoms with E-state index < -0.39 is 21.3 Å². The summed E-state index contributed by atoms with van der Waals surface area (Å²) in [7, 11) is -2.41. The van der Waals surface area contributed by atoms with Crippen LogP contribution in [-0.2, 0) is 29.1 Å². The second-order valence-electron chi connectivity index (χ2n) is 9.89. The highest BCUT2D eigenvalue weighted by atomic mass is 35.5. The zero-order chi connectivity index (χ0) is 25.7. The number of piperidine rings is 1. The molecule has 9 nitrogen and oxygen atoms in total. The molecule has 1 spiro atoms. The molecule has 0 bridgehead atoms. The molecule has 1 atom stereocenters. The first-order valence-corrected chi connectivity index (χ1v) is 13.8. The molecule has 3 saturated heterocycles. The van der Waals surface area contributed by atoms with E-state index in [-0.39, 0.29) is 29.8 Å². The Labute approximate surface area is 215 Å². The Kier molecular flexibility index (Phi) is 6.53. The molecule has 0 saturated carbocycles. The van der Waals surface area contributed by atoms with Crippen molar-refractivity contribution in [1.82, 2.24) is 14.1 Å². The molecule has 1 unspecified atom stereocenters. The van der Waals surface area contributed by atoms with E-state index in [9.17, 15) is 18.0 Å². The van der Waals surface area contributed by atoms with Gasteiger partial charge < -0.3 is 19.3 Å². The smallest absolute Gasteiger partial charge is 0.243 e. The summed E-state index contributed by atoms with van der Waals surface area (Å²) in [5, 5.41) is 2.14. The molecule has 3 aliphatic rings. The number of rotatable bonds is 5. The van der Waals surface area contributed by atoms with Crippen LogP contribution in [0.1, 0.15) is 26.2 Å². The van der Waals surface area contributed by atoms with Gasteiger partial charge in [0.25, 0.3) is 0 Å². The summed E-state index contributed by atoms with van der Waals surface area (Å²) in [4.78, 5) is 28.8. The third-order valence-electron chi connectivity index (χ3n) is 7.61. The van der Waals surface area contributed by atoms with Crippen molar-refractivity contribution in [1.29, 1.82) is 0 Å². The van der Waals surface area contributed by atoms with Gasteiger partial charge in [-0.3, -0.25) is 9.59 Å². The third-order valence-corrected chi connectivity index (χ3v) is 9.63. The van der Waals surface area contributed by atoms with Crippen LogP contribution in [0.25, 0.3) is 10.8 Å². The zero-order valence-electron chi connectivity index (χ0n) is 20.4. The van der Waals surface area contributed by atoms with Crippen molar-refractivity contribution in [3.8, 4) is 0 Å². The molecule has 3 heterocycles. The molecule has 0 N–H and O–H groups in total. The number of methoxy groups -OCH3 is 1. The molecule has 0 aliphatic carbocycles. The van der Waals surface area contributed by atoms with Crippen LogP contribution in [0.15, 0.2) is 41.3 Å². The number of nitrogens with zero attached hydrogens (tertiary/aromatic N) is 3. The van der Waals surface area contributed by atoms with E-state index in [1.54, 1.807) is 60.2 Å². The van der Waals surface area contributed by atoms with Crippen LogP contribution in [0.2, 0.25) is 5.02 Å². The number of hydrogen-bond acceptors (Lipinski definition) is 6. The summed E-state index contributed by atoms with van der Waals surface area (Å²) in [6.45, 7) is 3.08. The average Bonchev–Trinajstić information content (AvgIpc) is 3.17. The highest BCUT2D eigenvalue weighted by Crippen LogP contribution is 2.45. The van der Waals surface area contributed by atoms with E-state index in [1.807, 2.05) is 0 Å². The van der Waals surface area contributed by atoms with Crippen molar-refractivity contribution in [2.24, 2.45) is 0 Å². The molecule has 3 fully saturated rings. The van der Waals surface area contributed by atoms with Crippen molar-refractivity contribution >= 4 is 44.2 Å². The summed E-state index contributed by atoms with van der Waals surface area (Å²) >= 11 is 6.07. The Morgan fingerprint density at radius 2 is 1.81 bits per heavy atom. The van der Waals surface area contributed by atoms with Crippen LogP contribution >= 0.6 is 11.6 Å². The van der Waals surface area contributed by atoms with Gasteiger partial charge in [0.05, 0.1) is 36.7 Å². The quantitative estimate of drug-likeness (QED) is 0.583. The molecular formula is C25H30ClN3O6S. The minimum absolute atomic E-state index is 0.0145. The second kappa shape index (κ2) is 9.25. The molecule has 11 heteroatoms. The topological polar surface area (TPSA) is 96.5 Å². The van der Waals surface area contributed by atoms with E-state index >= 15 is 0 Å². The molecule has 0 radical (unpaired) electrons. The van der Waals surface area contributed by atoms with Gasteiger partial charge in [0.1, 0.15) is 0 Å². The van der Waals surface area contributed by atoms with Gasteiger partial charge in [-0.05, 0) is 47.9 Å². The largest absolute Gasteiger partial charge is 0.384 e. The lowest BCUT2D eigenvalue weighted by Crippen LogP contribution is -2.63. The van der Waals surface area contributed by atoms with E-state index in [2.05, 4.69) is 0 Å². The lowest BCUT2D eigenvalue weighted by atomic mass is 9.91. The van der Waals surface area contributed by atoms with Crippen LogP contribution in [0, 0.1) is 0 Å². The van der Waals surface area contributed by atoms with Crippen LogP contribution in [0.5, 0.6) is 0 Å². The number of halogens is 1. The summed E-state index contributed by atoms with van der Waals surface area (Å²) in [6, 6.07) is 10.1. The Balaban J connectivity index is 1.45. The van der Waals surface area contributed by atoms with Gasteiger partial charge in [0.2, 0.25) is 21.8 Å². The molecule has 194 valence electrons. The maximum absolute atomic E-state index is 13.7. The second-order valence-corrected chi connectivity index (χ2v) is 12.3. The fourth-order valence-electron chi connectivity index (χ4n) is 5.61. The van der Waals surface area contributed by atoms with Gasteiger partial charge in [-0.25, -0.2) is 8.42 Å². The van der Waals surface area contributed by atoms with E-state index in [4.69, 9.17) is 21.1 Å². The van der Waals surface area contributed by atoms with Crippen LogP contribution in [0.4, 0.5) is 0 Å². The minimum atomic E-state index is -3.98. The van der Waals surface area contributed by atoms with Crippen molar-refractivity contribution in [2.45, 2.75) is 42.4 Å². The molecule has 2 amide bonds. The Morgan fingerprint density at radius 1 is 1.11 bits per heavy atom. The number of carbonyl (C=O) groups excluding carboxylic acids is 2. The fraction of sp³-hybridized carbons (Fsp3) is 0.520. The van der Waals surface area contributed by atoms with Crippen LogP contribution in [-0.4, -0.2) is 92.1 Å². The normalized spacial score (nSPS) is 24.5. The maximum Gasteiger partial charge on any atom is 0.243 e. The first-order chi connectivity index (χ1) is 17.1. The SMILES string of the molecule is COCCC12CN(S(=O)(=O)c3ccc4cc(Cl)ccc4c3)CC(=O)N1CC1(CCN(C(C)=O)CC1)O2. The Morgan fingerprint density at radius 3 is 2.50 bits per heavy atom. The number of piperazine rings is 1. The summed E-state index contributed by atoms with van der Waals surface area (Å²) < 4.78 is 40.7. The molecule has 2 aromatic carbocycles. The van der Waals surface area contributed by atoms with Gasteiger partial charge in [0.15, 0.2) is 5.72 Å². The highest BCUT2D eigenvalue weighted by molar-refractivity contribution is 7.89. The summed E-state index contributed by atoms with van der Waals surface area (Å²) in [5.74, 6) is -0.278. The predicted molar refractivity (Wildman–Crippen MR) is 134 cm³/mol. The van der Waals surface area contributed by atoms with Crippen molar-refractivity contribution < 1.29 is 27.5 Å². The number of amides is 2. The third kappa shape index (κ3) is 4.39. The number of hydrogen-bond donors (Lipinski definition) is 0. The number of carbonyl (C=O) groups is 2. The monoisotopic (exact) mass is 535 g/mol. The lowest BCUT2D eigenvalue weighted by molar-refractivity contribution is -0.187. The minimum Gasteiger partial charge on any atom is -0.384 e. The summed E-state index contributed by atoms with van der Waals surface area (Å²) in [6.07, 6.45) is 1.52. The van der Waals surface area contributed by atoms with Crippen LogP contribution in [0.3, 0.4) is 0 Å². The number of benzene rings is 2. The Bertz CT molecular complexity index is 1310. The molecular weight excluding hydrogens is 506 g/mol. The van der Waals surface area contributed by atoms with Crippen LogP contribution < -0.4 is 0 Å². The number of likely N-dealkylation sites (tertiary alicyclic amines) is 1. The standard InChI is InChI=1S/C25H30ClN3O6S/c1-18(30)27-10-7-24(8-11-27)16-29-23(31)15-28(17-25(29,35-24)9-12-34-2)36(32,33)22-6-4-19-13-21(26)5-3-20(19)14-22/h3-6,13-14H,7-12,15-17H2,1-2H3. The number of sulfonamides is 1. The molecule has 2 aromatic rings. The molecule has 36 heavy (non-hydrogen) atoms. The lowest BCUT2D eigenvalue weighted by Gasteiger charge is -2.45. The van der Waals surface area contributed by atoms with Gasteiger partial charge >= 0.3 is 0 Å². The number of ether oxygens (including phenoxy) is 2. The molecule has 3 aliphatic heterocycles. The van der Waals surface area contributed by atoms with Gasteiger partial charge in [-0.15, -0.1) is 0 Å². The fourth-order valence-corrected chi connectivity index (χ4v) is 7.26. The van der Waals surface area contributed by atoms with E-state index in [0.29, 0.717) is 50.5 Å². The average molecular weight is 536 g/mol. The zero-order valence-corrected chi connectivity index (χ0v) is 22.0. The molecule has 0 aromatic heterocycles. The Hall–Kier alpha value is -2.24. The molecule has 5 rings (SSSR count). The van der Waals surface area contributed by atoms with Crippen molar-refractivity contribution in [3.63, 3.8) is 0 Å². The van der Waals surface area contributed by atoms with E-state index in [0.717, 1.165) is 10.8 Å². The van der Waals surface area contributed by atoms with Gasteiger partial charge in [-0.2, -0.15) is 4.31 Å². The van der Waals surface area contributed by atoms with Gasteiger partial charge in [0, 0.05) is 38.6 Å². The first-order valence-electron chi connectivity index (χ1n) is 12.0. The van der Waals surface area contributed by atoms with Crippen molar-refractivity contribution in [3.05, 3.63) is 41.4 Å².